The molecule has 0 aromatic carbocycles. The highest BCUT2D eigenvalue weighted by molar-refractivity contribution is 5.84. The zero-order valence-electron chi connectivity index (χ0n) is 8.91. The Balaban J connectivity index is 2.39. The van der Waals surface area contributed by atoms with Crippen LogP contribution < -0.4 is 0 Å². The first kappa shape index (κ1) is 10.3. The summed E-state index contributed by atoms with van der Waals surface area (Å²) in [6, 6.07) is 1.80. The van der Waals surface area contributed by atoms with Gasteiger partial charge in [-0.05, 0) is 18.6 Å². The van der Waals surface area contributed by atoms with E-state index in [1.54, 1.807) is 18.5 Å². The average molecular weight is 218 g/mol. The summed E-state index contributed by atoms with van der Waals surface area (Å²) in [6.07, 6.45) is 4.84. The molecule has 82 valence electrons. The number of carbonyl (C=O) groups excluding carboxylic acids is 1. The van der Waals surface area contributed by atoms with Crippen LogP contribution in [0.4, 0.5) is 0 Å². The fourth-order valence-electron chi connectivity index (χ4n) is 1.29. The number of methoxy groups -OCH3 is 1. The molecule has 6 heteroatoms. The van der Waals surface area contributed by atoms with E-state index in [-0.39, 0.29) is 5.82 Å². The minimum atomic E-state index is -0.551. The van der Waals surface area contributed by atoms with Crippen LogP contribution >= 0.6 is 0 Å². The highest BCUT2D eigenvalue weighted by Crippen LogP contribution is 2.10. The molecule has 0 aliphatic heterocycles. The van der Waals surface area contributed by atoms with Crippen LogP contribution in [0.25, 0.3) is 5.69 Å². The lowest BCUT2D eigenvalue weighted by molar-refractivity contribution is 0.0587. The zero-order valence-corrected chi connectivity index (χ0v) is 8.91. The number of hydrogen-bond donors (Lipinski definition) is 0. The summed E-state index contributed by atoms with van der Waals surface area (Å²) in [5.41, 5.74) is 1.78. The van der Waals surface area contributed by atoms with Gasteiger partial charge in [-0.3, -0.25) is 4.98 Å². The van der Waals surface area contributed by atoms with Gasteiger partial charge >= 0.3 is 5.97 Å². The summed E-state index contributed by atoms with van der Waals surface area (Å²) in [5.74, 6) is -0.510. The zero-order chi connectivity index (χ0) is 11.5. The van der Waals surface area contributed by atoms with E-state index in [9.17, 15) is 4.79 Å². The molecule has 16 heavy (non-hydrogen) atoms. The molecule has 0 radical (unpaired) electrons. The summed E-state index contributed by atoms with van der Waals surface area (Å²) in [5, 5.41) is 4.02. The van der Waals surface area contributed by atoms with Crippen LogP contribution in [0.2, 0.25) is 0 Å². The Hall–Kier alpha value is -2.24. The molecule has 2 heterocycles. The van der Waals surface area contributed by atoms with Crippen molar-refractivity contribution >= 4 is 5.97 Å². The maximum absolute atomic E-state index is 11.2. The normalized spacial score (nSPS) is 10.1. The number of aryl methyl sites for hydroxylation is 1. The van der Waals surface area contributed by atoms with Crippen molar-refractivity contribution in [2.45, 2.75) is 6.92 Å². The van der Waals surface area contributed by atoms with Crippen molar-refractivity contribution in [3.8, 4) is 5.69 Å². The van der Waals surface area contributed by atoms with E-state index in [0.29, 0.717) is 0 Å². The third-order valence-electron chi connectivity index (χ3n) is 2.10. The lowest BCUT2D eigenvalue weighted by atomic mass is 10.3. The number of pyridine rings is 1. The van der Waals surface area contributed by atoms with Crippen LogP contribution in [-0.2, 0) is 4.74 Å². The molecule has 0 fully saturated rings. The summed E-state index contributed by atoms with van der Waals surface area (Å²) in [7, 11) is 1.29. The maximum Gasteiger partial charge on any atom is 0.377 e. The molecule has 0 saturated carbocycles. The van der Waals surface area contributed by atoms with Crippen LogP contribution in [0.5, 0.6) is 0 Å². The number of ether oxygens (including phenoxy) is 1. The molecule has 2 rings (SSSR count). The second-order valence-electron chi connectivity index (χ2n) is 3.17. The maximum atomic E-state index is 11.2. The average Bonchev–Trinajstić information content (AvgIpc) is 2.78. The van der Waals surface area contributed by atoms with Crippen LogP contribution in [0.15, 0.2) is 24.8 Å². The van der Waals surface area contributed by atoms with Gasteiger partial charge in [0.1, 0.15) is 6.33 Å². The minimum Gasteiger partial charge on any atom is -0.463 e. The molecule has 2 aromatic heterocycles. The van der Waals surface area contributed by atoms with E-state index in [0.717, 1.165) is 11.3 Å². The monoisotopic (exact) mass is 218 g/mol. The van der Waals surface area contributed by atoms with Crippen molar-refractivity contribution in [3.63, 3.8) is 0 Å². The van der Waals surface area contributed by atoms with Crippen molar-refractivity contribution in [1.82, 2.24) is 19.7 Å². The van der Waals surface area contributed by atoms with Crippen molar-refractivity contribution in [1.29, 1.82) is 0 Å². The van der Waals surface area contributed by atoms with Crippen LogP contribution in [0.1, 0.15) is 16.2 Å². The second-order valence-corrected chi connectivity index (χ2v) is 3.17. The van der Waals surface area contributed by atoms with Gasteiger partial charge in [0.05, 0.1) is 12.8 Å². The lowest BCUT2D eigenvalue weighted by Crippen LogP contribution is -2.05. The molecule has 6 nitrogen and oxygen atoms in total. The Labute approximate surface area is 91.9 Å². The lowest BCUT2D eigenvalue weighted by Gasteiger charge is -2.02. The highest BCUT2D eigenvalue weighted by Gasteiger charge is 2.12. The second kappa shape index (κ2) is 4.09. The van der Waals surface area contributed by atoms with E-state index >= 15 is 0 Å². The van der Waals surface area contributed by atoms with Crippen LogP contribution in [0, 0.1) is 6.92 Å². The summed E-state index contributed by atoms with van der Waals surface area (Å²) in [6.45, 7) is 1.90. The third-order valence-corrected chi connectivity index (χ3v) is 2.10. The van der Waals surface area contributed by atoms with Crippen LogP contribution in [0.3, 0.4) is 0 Å². The largest absolute Gasteiger partial charge is 0.463 e. The molecule has 2 aromatic rings. The van der Waals surface area contributed by atoms with Gasteiger partial charge in [-0.2, -0.15) is 0 Å². The first-order valence-electron chi connectivity index (χ1n) is 4.63. The van der Waals surface area contributed by atoms with Gasteiger partial charge in [-0.25, -0.2) is 14.5 Å². The predicted octanol–water partition coefficient (Wildman–Crippen LogP) is 0.757. The Morgan fingerprint density at radius 1 is 1.50 bits per heavy atom. The van der Waals surface area contributed by atoms with Crippen molar-refractivity contribution in [2.75, 3.05) is 7.11 Å². The molecule has 0 saturated heterocycles. The molecular weight excluding hydrogens is 208 g/mol. The molecule has 0 spiro atoms. The van der Waals surface area contributed by atoms with Gasteiger partial charge in [0.25, 0.3) is 5.82 Å². The van der Waals surface area contributed by atoms with E-state index < -0.39 is 5.97 Å². The fourth-order valence-corrected chi connectivity index (χ4v) is 1.29. The molecule has 0 amide bonds. The number of rotatable bonds is 2. The third kappa shape index (κ3) is 1.77. The van der Waals surface area contributed by atoms with E-state index in [4.69, 9.17) is 0 Å². The first-order chi connectivity index (χ1) is 7.72. The molecule has 0 atom stereocenters. The summed E-state index contributed by atoms with van der Waals surface area (Å²) >= 11 is 0. The van der Waals surface area contributed by atoms with Gasteiger partial charge in [-0.1, -0.05) is 0 Å². The van der Waals surface area contributed by atoms with Crippen molar-refractivity contribution in [3.05, 3.63) is 36.2 Å². The number of carbonyl (C=O) groups is 1. The van der Waals surface area contributed by atoms with Crippen molar-refractivity contribution < 1.29 is 9.53 Å². The van der Waals surface area contributed by atoms with Gasteiger partial charge in [0.2, 0.25) is 0 Å². The van der Waals surface area contributed by atoms with Gasteiger partial charge in [0, 0.05) is 12.4 Å². The SMILES string of the molecule is COC(=O)c1ncn(-c2ccncc2C)n1. The molecule has 0 N–H and O–H groups in total. The molecular formula is C10H10N4O2. The number of aromatic nitrogens is 4. The summed E-state index contributed by atoms with van der Waals surface area (Å²) < 4.78 is 6.04. The van der Waals surface area contributed by atoms with Gasteiger partial charge < -0.3 is 4.74 Å². The first-order valence-corrected chi connectivity index (χ1v) is 4.63. The number of hydrogen-bond acceptors (Lipinski definition) is 5. The highest BCUT2D eigenvalue weighted by atomic mass is 16.5. The van der Waals surface area contributed by atoms with E-state index in [2.05, 4.69) is 19.8 Å². The molecule has 0 bridgehead atoms. The minimum absolute atomic E-state index is 0.0405. The Kier molecular flexibility index (Phi) is 2.63. The quantitative estimate of drug-likeness (QED) is 0.696. The predicted molar refractivity (Wildman–Crippen MR) is 55.2 cm³/mol. The molecule has 0 aliphatic carbocycles. The topological polar surface area (TPSA) is 69.9 Å². The van der Waals surface area contributed by atoms with E-state index in [1.165, 1.54) is 18.1 Å². The van der Waals surface area contributed by atoms with Crippen LogP contribution in [-0.4, -0.2) is 32.8 Å². The molecule has 0 aliphatic rings. The number of esters is 1. The Morgan fingerprint density at radius 2 is 2.31 bits per heavy atom. The number of nitrogens with zero attached hydrogens (tertiary/aromatic N) is 4. The van der Waals surface area contributed by atoms with Crippen molar-refractivity contribution in [2.24, 2.45) is 0 Å². The standard InChI is InChI=1S/C10H10N4O2/c1-7-5-11-4-3-8(7)14-6-12-9(13-14)10(15)16-2/h3-6H,1-2H3. The Morgan fingerprint density at radius 3 is 3.00 bits per heavy atom. The fraction of sp³-hybridized carbons (Fsp3) is 0.200. The smallest absolute Gasteiger partial charge is 0.377 e. The summed E-state index contributed by atoms with van der Waals surface area (Å²) in [4.78, 5) is 19.0. The van der Waals surface area contributed by atoms with E-state index in [1.807, 2.05) is 6.92 Å². The Bertz CT molecular complexity index is 521. The van der Waals surface area contributed by atoms with Gasteiger partial charge in [-0.15, -0.1) is 5.10 Å². The van der Waals surface area contributed by atoms with Gasteiger partial charge in [0.15, 0.2) is 0 Å². The molecule has 0 unspecified atom stereocenters.